The van der Waals surface area contributed by atoms with E-state index >= 15 is 0 Å². The molecule has 4 nitrogen and oxygen atoms in total. The van der Waals surface area contributed by atoms with Crippen molar-refractivity contribution in [3.8, 4) is 0 Å². The van der Waals surface area contributed by atoms with E-state index in [1.54, 1.807) is 0 Å². The van der Waals surface area contributed by atoms with E-state index in [4.69, 9.17) is 5.73 Å². The lowest BCUT2D eigenvalue weighted by Gasteiger charge is -2.04. The van der Waals surface area contributed by atoms with Crippen molar-refractivity contribution >= 4 is 16.8 Å². The highest BCUT2D eigenvalue weighted by Gasteiger charge is 2.15. The summed E-state index contributed by atoms with van der Waals surface area (Å²) >= 11 is 0. The van der Waals surface area contributed by atoms with Crippen LogP contribution in [0.25, 0.3) is 10.9 Å². The van der Waals surface area contributed by atoms with Gasteiger partial charge in [0.25, 0.3) is 5.91 Å². The van der Waals surface area contributed by atoms with Crippen molar-refractivity contribution in [2.24, 2.45) is 5.73 Å². The van der Waals surface area contributed by atoms with Gasteiger partial charge in [0.2, 0.25) is 0 Å². The number of hydrogen-bond donors (Lipinski definition) is 3. The molecule has 1 aromatic carbocycles. The topological polar surface area (TPSA) is 70.9 Å². The Morgan fingerprint density at radius 2 is 2.17 bits per heavy atom. The van der Waals surface area contributed by atoms with Crippen LogP contribution in [-0.2, 0) is 0 Å². The number of benzene rings is 1. The molecule has 0 bridgehead atoms. The number of aromatic nitrogens is 1. The van der Waals surface area contributed by atoms with E-state index in [2.05, 4.69) is 10.3 Å². The van der Waals surface area contributed by atoms with Crippen LogP contribution in [0, 0.1) is 13.8 Å². The Morgan fingerprint density at radius 1 is 1.39 bits per heavy atom. The number of H-pyrrole nitrogens is 1. The average molecular weight is 245 g/mol. The van der Waals surface area contributed by atoms with Crippen molar-refractivity contribution in [3.63, 3.8) is 0 Å². The van der Waals surface area contributed by atoms with Crippen LogP contribution in [0.1, 0.15) is 28.0 Å². The van der Waals surface area contributed by atoms with E-state index in [-0.39, 0.29) is 5.91 Å². The first-order valence-corrected chi connectivity index (χ1v) is 6.20. The highest BCUT2D eigenvalue weighted by Crippen LogP contribution is 2.23. The van der Waals surface area contributed by atoms with Crippen LogP contribution in [0.15, 0.2) is 18.2 Å². The minimum absolute atomic E-state index is 0.0298. The molecule has 0 saturated heterocycles. The highest BCUT2D eigenvalue weighted by molar-refractivity contribution is 6.08. The van der Waals surface area contributed by atoms with Gasteiger partial charge in [0.05, 0.1) is 5.56 Å². The zero-order valence-electron chi connectivity index (χ0n) is 10.8. The molecular formula is C14H19N3O. The first kappa shape index (κ1) is 12.6. The number of hydrogen-bond acceptors (Lipinski definition) is 2. The second kappa shape index (κ2) is 5.23. The van der Waals surface area contributed by atoms with Crippen LogP contribution >= 0.6 is 0 Å². The van der Waals surface area contributed by atoms with Gasteiger partial charge in [0, 0.05) is 23.1 Å². The Hall–Kier alpha value is -1.81. The van der Waals surface area contributed by atoms with Gasteiger partial charge in [-0.25, -0.2) is 0 Å². The molecule has 0 atom stereocenters. The van der Waals surface area contributed by atoms with Gasteiger partial charge in [-0.15, -0.1) is 0 Å². The molecule has 0 aliphatic heterocycles. The van der Waals surface area contributed by atoms with Gasteiger partial charge in [-0.1, -0.05) is 11.6 Å². The molecule has 96 valence electrons. The lowest BCUT2D eigenvalue weighted by Crippen LogP contribution is -2.26. The molecule has 0 aliphatic rings. The number of carbonyl (C=O) groups excluding carboxylic acids is 1. The van der Waals surface area contributed by atoms with E-state index in [0.717, 1.165) is 34.1 Å². The number of nitrogens with two attached hydrogens (primary N) is 1. The van der Waals surface area contributed by atoms with Crippen LogP contribution in [0.4, 0.5) is 0 Å². The van der Waals surface area contributed by atoms with Gasteiger partial charge in [0.15, 0.2) is 0 Å². The molecule has 1 amide bonds. The molecule has 0 fully saturated rings. The minimum Gasteiger partial charge on any atom is -0.358 e. The van der Waals surface area contributed by atoms with Crippen LogP contribution in [0.5, 0.6) is 0 Å². The fourth-order valence-corrected chi connectivity index (χ4v) is 2.13. The Balaban J connectivity index is 2.34. The fourth-order valence-electron chi connectivity index (χ4n) is 2.13. The smallest absolute Gasteiger partial charge is 0.253 e. The monoisotopic (exact) mass is 245 g/mol. The van der Waals surface area contributed by atoms with Crippen LogP contribution in [0.3, 0.4) is 0 Å². The van der Waals surface area contributed by atoms with Crippen molar-refractivity contribution in [3.05, 3.63) is 35.0 Å². The number of rotatable bonds is 4. The number of aromatic amines is 1. The average Bonchev–Trinajstić information content (AvgIpc) is 2.64. The predicted octanol–water partition coefficient (Wildman–Crippen LogP) is 1.86. The molecule has 2 rings (SSSR count). The third kappa shape index (κ3) is 2.38. The molecule has 0 aliphatic carbocycles. The quantitative estimate of drug-likeness (QED) is 0.719. The summed E-state index contributed by atoms with van der Waals surface area (Å²) in [5.74, 6) is -0.0298. The van der Waals surface area contributed by atoms with Crippen molar-refractivity contribution < 1.29 is 4.79 Å². The van der Waals surface area contributed by atoms with Crippen molar-refractivity contribution in [2.45, 2.75) is 20.3 Å². The third-order valence-corrected chi connectivity index (χ3v) is 3.04. The van der Waals surface area contributed by atoms with Crippen molar-refractivity contribution in [1.29, 1.82) is 0 Å². The normalized spacial score (nSPS) is 10.8. The Morgan fingerprint density at radius 3 is 2.89 bits per heavy atom. The van der Waals surface area contributed by atoms with E-state index in [1.807, 2.05) is 32.0 Å². The summed E-state index contributed by atoms with van der Waals surface area (Å²) < 4.78 is 0. The number of fused-ring (bicyclic) bond motifs is 1. The summed E-state index contributed by atoms with van der Waals surface area (Å²) in [5, 5.41) is 3.88. The molecular weight excluding hydrogens is 226 g/mol. The first-order chi connectivity index (χ1) is 8.63. The van der Waals surface area contributed by atoms with Gasteiger partial charge >= 0.3 is 0 Å². The summed E-state index contributed by atoms with van der Waals surface area (Å²) in [6.07, 6.45) is 0.798. The molecule has 0 saturated carbocycles. The lowest BCUT2D eigenvalue weighted by molar-refractivity contribution is 0.0954. The van der Waals surface area contributed by atoms with Gasteiger partial charge in [-0.2, -0.15) is 0 Å². The van der Waals surface area contributed by atoms with Crippen LogP contribution in [0.2, 0.25) is 0 Å². The third-order valence-electron chi connectivity index (χ3n) is 3.04. The maximum atomic E-state index is 12.2. The summed E-state index contributed by atoms with van der Waals surface area (Å²) in [6, 6.07) is 6.08. The highest BCUT2D eigenvalue weighted by atomic mass is 16.1. The second-order valence-corrected chi connectivity index (χ2v) is 4.57. The number of nitrogens with one attached hydrogen (secondary N) is 2. The van der Waals surface area contributed by atoms with Gasteiger partial charge in [0.1, 0.15) is 0 Å². The largest absolute Gasteiger partial charge is 0.358 e. The summed E-state index contributed by atoms with van der Waals surface area (Å²) in [5.41, 5.74) is 9.21. The molecule has 0 radical (unpaired) electrons. The summed E-state index contributed by atoms with van der Waals surface area (Å²) in [6.45, 7) is 5.16. The molecule has 18 heavy (non-hydrogen) atoms. The lowest BCUT2D eigenvalue weighted by atomic mass is 10.1. The Kier molecular flexibility index (Phi) is 3.67. The van der Waals surface area contributed by atoms with Crippen molar-refractivity contribution in [2.75, 3.05) is 13.1 Å². The summed E-state index contributed by atoms with van der Waals surface area (Å²) in [7, 11) is 0. The van der Waals surface area contributed by atoms with Gasteiger partial charge < -0.3 is 16.0 Å². The van der Waals surface area contributed by atoms with Crippen LogP contribution in [-0.4, -0.2) is 24.0 Å². The SMILES string of the molecule is Cc1ccc2[nH]c(C)c(C(=O)NCCCN)c2c1. The van der Waals surface area contributed by atoms with Crippen LogP contribution < -0.4 is 11.1 Å². The Labute approximate surface area is 107 Å². The molecule has 1 heterocycles. The van der Waals surface area contributed by atoms with Gasteiger partial charge in [-0.05, 0) is 38.9 Å². The number of aryl methyl sites for hydroxylation is 2. The summed E-state index contributed by atoms with van der Waals surface area (Å²) in [4.78, 5) is 15.4. The first-order valence-electron chi connectivity index (χ1n) is 6.20. The second-order valence-electron chi connectivity index (χ2n) is 4.57. The zero-order valence-corrected chi connectivity index (χ0v) is 10.8. The predicted molar refractivity (Wildman–Crippen MR) is 73.8 cm³/mol. The zero-order chi connectivity index (χ0) is 13.1. The molecule has 2 aromatic rings. The maximum Gasteiger partial charge on any atom is 0.253 e. The Bertz CT molecular complexity index is 572. The minimum atomic E-state index is -0.0298. The van der Waals surface area contributed by atoms with E-state index in [0.29, 0.717) is 13.1 Å². The number of amides is 1. The molecule has 0 spiro atoms. The van der Waals surface area contributed by atoms with Crippen molar-refractivity contribution in [1.82, 2.24) is 10.3 Å². The van der Waals surface area contributed by atoms with E-state index in [1.165, 1.54) is 0 Å². The molecule has 4 N–H and O–H groups in total. The van der Waals surface area contributed by atoms with E-state index in [9.17, 15) is 4.79 Å². The standard InChI is InChI=1S/C14H19N3O/c1-9-4-5-12-11(8-9)13(10(2)17-12)14(18)16-7-3-6-15/h4-5,8,17H,3,6-7,15H2,1-2H3,(H,16,18). The van der Waals surface area contributed by atoms with Gasteiger partial charge in [-0.3, -0.25) is 4.79 Å². The van der Waals surface area contributed by atoms with E-state index < -0.39 is 0 Å². The maximum absolute atomic E-state index is 12.2. The fraction of sp³-hybridized carbons (Fsp3) is 0.357. The number of carbonyl (C=O) groups is 1. The molecule has 0 unspecified atom stereocenters. The molecule has 4 heteroatoms. The molecule has 1 aromatic heterocycles.